The third kappa shape index (κ3) is 3.72. The summed E-state index contributed by atoms with van der Waals surface area (Å²) in [5.74, 6) is -5.51. The first-order valence-electron chi connectivity index (χ1n) is 9.22. The molecule has 2 aliphatic rings. The van der Waals surface area contributed by atoms with Crippen molar-refractivity contribution in [1.29, 1.82) is 0 Å². The fourth-order valence-corrected chi connectivity index (χ4v) is 5.38. The highest BCUT2D eigenvalue weighted by molar-refractivity contribution is 7.90. The second-order valence-corrected chi connectivity index (χ2v) is 9.14. The zero-order valence-corrected chi connectivity index (χ0v) is 17.0. The average Bonchev–Trinajstić information content (AvgIpc) is 3.11. The maximum Gasteiger partial charge on any atom is 0.336 e. The highest BCUT2D eigenvalue weighted by atomic mass is 32.2. The molecule has 3 amide bonds. The molecule has 2 aromatic carbocycles. The molecule has 31 heavy (non-hydrogen) atoms. The minimum absolute atomic E-state index is 0.0167. The van der Waals surface area contributed by atoms with Gasteiger partial charge >= 0.3 is 6.03 Å². The molecule has 12 heteroatoms. The maximum absolute atomic E-state index is 13.4. The van der Waals surface area contributed by atoms with Gasteiger partial charge in [0, 0.05) is 29.9 Å². The number of hydrogen-bond acceptors (Lipinski definition) is 5. The van der Waals surface area contributed by atoms with Crippen LogP contribution in [0.25, 0.3) is 0 Å². The molecule has 164 valence electrons. The van der Waals surface area contributed by atoms with Gasteiger partial charge in [-0.1, -0.05) is 0 Å². The van der Waals surface area contributed by atoms with E-state index >= 15 is 0 Å². The van der Waals surface area contributed by atoms with E-state index in [2.05, 4.69) is 10.6 Å². The molecule has 0 aromatic heterocycles. The summed E-state index contributed by atoms with van der Waals surface area (Å²) < 4.78 is 66.9. The lowest BCUT2D eigenvalue weighted by Crippen LogP contribution is -2.50. The highest BCUT2D eigenvalue weighted by Gasteiger charge is 2.43. The Labute approximate surface area is 175 Å². The fourth-order valence-electron chi connectivity index (χ4n) is 3.66. The van der Waals surface area contributed by atoms with Crippen molar-refractivity contribution >= 4 is 33.3 Å². The van der Waals surface area contributed by atoms with Gasteiger partial charge in [0.2, 0.25) is 0 Å². The first-order chi connectivity index (χ1) is 14.6. The number of fused-ring (bicyclic) bond motifs is 1. The predicted octanol–water partition coefficient (Wildman–Crippen LogP) is 2.60. The highest BCUT2D eigenvalue weighted by Crippen LogP contribution is 2.34. The van der Waals surface area contributed by atoms with Crippen LogP contribution in [0.5, 0.6) is 0 Å². The van der Waals surface area contributed by atoms with Gasteiger partial charge in [-0.15, -0.1) is 0 Å². The third-order valence-electron chi connectivity index (χ3n) is 5.16. The summed E-state index contributed by atoms with van der Waals surface area (Å²) in [6.45, 7) is 1.01. The van der Waals surface area contributed by atoms with E-state index in [9.17, 15) is 31.2 Å². The number of anilines is 2. The van der Waals surface area contributed by atoms with Crippen LogP contribution in [0.4, 0.5) is 29.3 Å². The first-order valence-corrected chi connectivity index (χ1v) is 10.7. The number of benzene rings is 2. The number of carbonyl (C=O) groups is 2. The number of hydrogen-bond donors (Lipinski definition) is 2. The molecule has 0 spiro atoms. The fraction of sp³-hybridized carbons (Fsp3) is 0.263. The van der Waals surface area contributed by atoms with Crippen molar-refractivity contribution in [3.63, 3.8) is 0 Å². The zero-order chi connectivity index (χ0) is 22.5. The van der Waals surface area contributed by atoms with Gasteiger partial charge in [0.15, 0.2) is 17.5 Å². The van der Waals surface area contributed by atoms with Crippen molar-refractivity contribution in [2.75, 3.05) is 30.8 Å². The Bertz CT molecular complexity index is 1180. The molecule has 1 unspecified atom stereocenters. The third-order valence-corrected chi connectivity index (χ3v) is 7.04. The van der Waals surface area contributed by atoms with Crippen molar-refractivity contribution in [3.8, 4) is 0 Å². The van der Waals surface area contributed by atoms with Crippen molar-refractivity contribution in [2.24, 2.45) is 0 Å². The zero-order valence-electron chi connectivity index (χ0n) is 16.2. The van der Waals surface area contributed by atoms with Crippen molar-refractivity contribution < 1.29 is 31.2 Å². The predicted molar refractivity (Wildman–Crippen MR) is 105 cm³/mol. The quantitative estimate of drug-likeness (QED) is 0.695. The van der Waals surface area contributed by atoms with Gasteiger partial charge in [0.25, 0.3) is 15.9 Å². The molecule has 0 aliphatic carbocycles. The SMILES string of the molecule is CN1CCC(N2C(=O)Nc3ccc(C(=O)Nc4cc(F)c(F)c(F)c4)cc3S2(=O)=O)C1. The summed E-state index contributed by atoms with van der Waals surface area (Å²) in [5.41, 5.74) is -0.457. The van der Waals surface area contributed by atoms with E-state index in [4.69, 9.17) is 0 Å². The van der Waals surface area contributed by atoms with Gasteiger partial charge in [-0.3, -0.25) is 4.79 Å². The Morgan fingerprint density at radius 2 is 1.84 bits per heavy atom. The Kier molecular flexibility index (Phi) is 5.13. The number of sulfonamides is 1. The van der Waals surface area contributed by atoms with Gasteiger partial charge in [-0.2, -0.15) is 0 Å². The van der Waals surface area contributed by atoms with Crippen LogP contribution in [0.15, 0.2) is 35.2 Å². The number of carbonyl (C=O) groups excluding carboxylic acids is 2. The van der Waals surface area contributed by atoms with Crippen molar-refractivity contribution in [1.82, 2.24) is 9.21 Å². The van der Waals surface area contributed by atoms with Crippen LogP contribution in [0.2, 0.25) is 0 Å². The number of urea groups is 1. The van der Waals surface area contributed by atoms with E-state index < -0.39 is 45.5 Å². The van der Waals surface area contributed by atoms with E-state index in [0.717, 1.165) is 10.4 Å². The van der Waals surface area contributed by atoms with Crippen LogP contribution < -0.4 is 10.6 Å². The minimum Gasteiger partial charge on any atom is -0.322 e. The van der Waals surface area contributed by atoms with Gasteiger partial charge in [0.1, 0.15) is 4.90 Å². The molecule has 4 rings (SSSR count). The van der Waals surface area contributed by atoms with E-state index in [0.29, 0.717) is 31.6 Å². The number of likely N-dealkylation sites (N-methyl/N-ethyl adjacent to an activating group) is 1. The molecular formula is C19H17F3N4O4S. The van der Waals surface area contributed by atoms with Gasteiger partial charge in [0.05, 0.1) is 11.7 Å². The molecule has 2 heterocycles. The summed E-state index contributed by atoms with van der Waals surface area (Å²) >= 11 is 0. The van der Waals surface area contributed by atoms with Crippen LogP contribution in [-0.2, 0) is 10.0 Å². The van der Waals surface area contributed by atoms with Crippen LogP contribution in [-0.4, -0.2) is 55.7 Å². The summed E-state index contributed by atoms with van der Waals surface area (Å²) in [7, 11) is -2.43. The van der Waals surface area contributed by atoms with Crippen molar-refractivity contribution in [3.05, 3.63) is 53.3 Å². The topological polar surface area (TPSA) is 98.8 Å². The monoisotopic (exact) mass is 454 g/mol. The molecule has 2 aliphatic heterocycles. The number of halogens is 3. The molecule has 0 radical (unpaired) electrons. The van der Waals surface area contributed by atoms with E-state index in [1.807, 2.05) is 11.9 Å². The van der Waals surface area contributed by atoms with Crippen LogP contribution in [0, 0.1) is 17.5 Å². The number of amides is 3. The van der Waals surface area contributed by atoms with E-state index in [1.54, 1.807) is 0 Å². The van der Waals surface area contributed by atoms with Crippen LogP contribution in [0.3, 0.4) is 0 Å². The Hall–Kier alpha value is -3.12. The Morgan fingerprint density at radius 1 is 1.16 bits per heavy atom. The molecule has 2 N–H and O–H groups in total. The van der Waals surface area contributed by atoms with Gasteiger partial charge < -0.3 is 15.5 Å². The Balaban J connectivity index is 1.65. The largest absolute Gasteiger partial charge is 0.336 e. The van der Waals surface area contributed by atoms with Crippen LogP contribution in [0.1, 0.15) is 16.8 Å². The molecule has 1 atom stereocenters. The number of nitrogens with zero attached hydrogens (tertiary/aromatic N) is 2. The summed E-state index contributed by atoms with van der Waals surface area (Å²) in [5, 5.41) is 4.71. The minimum atomic E-state index is -4.24. The Morgan fingerprint density at radius 3 is 2.45 bits per heavy atom. The standard InChI is InChI=1S/C19H17F3N4O4S/c1-25-5-4-12(9-25)26-19(28)24-15-3-2-10(6-16(15)31(26,29)30)18(27)23-11-7-13(20)17(22)14(21)8-11/h2-3,6-8,12H,4-5,9H2,1H3,(H,23,27)(H,24,28). The normalized spacial score (nSPS) is 20.3. The lowest BCUT2D eigenvalue weighted by atomic mass is 10.1. The molecule has 0 saturated carbocycles. The lowest BCUT2D eigenvalue weighted by molar-refractivity contribution is 0.102. The molecule has 1 saturated heterocycles. The van der Waals surface area contributed by atoms with Crippen LogP contribution >= 0.6 is 0 Å². The maximum atomic E-state index is 13.4. The second kappa shape index (κ2) is 7.54. The van der Waals surface area contributed by atoms with Gasteiger partial charge in [-0.05, 0) is 38.2 Å². The lowest BCUT2D eigenvalue weighted by Gasteiger charge is -2.33. The number of rotatable bonds is 3. The average molecular weight is 454 g/mol. The molecule has 1 fully saturated rings. The molecule has 8 nitrogen and oxygen atoms in total. The summed E-state index contributed by atoms with van der Waals surface area (Å²) in [4.78, 5) is 26.6. The van der Waals surface area contributed by atoms with Crippen molar-refractivity contribution in [2.45, 2.75) is 17.4 Å². The molecular weight excluding hydrogens is 437 g/mol. The molecule has 2 aromatic rings. The second-order valence-electron chi connectivity index (χ2n) is 7.35. The molecule has 0 bridgehead atoms. The van der Waals surface area contributed by atoms with E-state index in [-0.39, 0.29) is 21.8 Å². The number of nitrogens with one attached hydrogen (secondary N) is 2. The number of likely N-dealkylation sites (tertiary alicyclic amines) is 1. The van der Waals surface area contributed by atoms with Gasteiger partial charge in [-0.25, -0.2) is 30.7 Å². The smallest absolute Gasteiger partial charge is 0.322 e. The first kappa shape index (κ1) is 21.1. The summed E-state index contributed by atoms with van der Waals surface area (Å²) in [6.07, 6.45) is 0.473. The summed E-state index contributed by atoms with van der Waals surface area (Å²) in [6, 6.07) is 3.45. The van der Waals surface area contributed by atoms with E-state index in [1.165, 1.54) is 12.1 Å².